The molecule has 6 rings (SSSR count). The smallest absolute Gasteiger partial charge is 0.292 e. The van der Waals surface area contributed by atoms with E-state index >= 15 is 0 Å². The molecular formula is C27H19FN6O2S. The van der Waals surface area contributed by atoms with Crippen molar-refractivity contribution in [2.75, 3.05) is 0 Å². The van der Waals surface area contributed by atoms with Crippen LogP contribution in [-0.2, 0) is 6.42 Å². The zero-order valence-corrected chi connectivity index (χ0v) is 20.4. The number of Topliss-reactive ketones (excluding diaryl/α,β-unsaturated/α-hetero) is 1. The number of hydrogen-bond donors (Lipinski definition) is 1. The molecule has 10 heteroatoms. The lowest BCUT2D eigenvalue weighted by Gasteiger charge is -2.07. The average molecular weight is 511 g/mol. The summed E-state index contributed by atoms with van der Waals surface area (Å²) in [6, 6.07) is 23.3. The summed E-state index contributed by atoms with van der Waals surface area (Å²) in [6.07, 6.45) is 0.575. The molecule has 1 aliphatic rings. The predicted molar refractivity (Wildman–Crippen MR) is 136 cm³/mol. The summed E-state index contributed by atoms with van der Waals surface area (Å²) in [4.78, 5) is 25.6. The van der Waals surface area contributed by atoms with Crippen LogP contribution < -0.4 is 10.2 Å². The van der Waals surface area contributed by atoms with E-state index in [9.17, 15) is 14.0 Å². The Morgan fingerprint density at radius 1 is 0.919 bits per heavy atom. The maximum absolute atomic E-state index is 13.4. The van der Waals surface area contributed by atoms with E-state index in [0.29, 0.717) is 12.1 Å². The number of carbonyl (C=O) groups excluding carboxylic acids is 2. The molecule has 0 saturated carbocycles. The number of nitrogens with one attached hydrogen (secondary N) is 1. The van der Waals surface area contributed by atoms with Gasteiger partial charge in [-0.25, -0.2) is 19.2 Å². The fourth-order valence-electron chi connectivity index (χ4n) is 4.33. The second-order valence-corrected chi connectivity index (χ2v) is 9.40. The summed E-state index contributed by atoms with van der Waals surface area (Å²) in [5.41, 5.74) is 8.05. The van der Waals surface area contributed by atoms with Crippen molar-refractivity contribution in [3.63, 3.8) is 0 Å². The molecule has 0 radical (unpaired) electrons. The molecule has 2 aromatic heterocycles. The Morgan fingerprint density at radius 2 is 1.62 bits per heavy atom. The summed E-state index contributed by atoms with van der Waals surface area (Å²) in [5, 5.41) is 13.4. The molecule has 8 nitrogen and oxygen atoms in total. The molecule has 1 aliphatic carbocycles. The zero-order chi connectivity index (χ0) is 25.5. The molecule has 37 heavy (non-hydrogen) atoms. The largest absolute Gasteiger partial charge is 0.292 e. The molecular weight excluding hydrogens is 491 g/mol. The van der Waals surface area contributed by atoms with E-state index < -0.39 is 11.7 Å². The van der Waals surface area contributed by atoms with Crippen LogP contribution in [0.3, 0.4) is 0 Å². The van der Waals surface area contributed by atoms with Crippen LogP contribution in [0.5, 0.6) is 0 Å². The van der Waals surface area contributed by atoms with E-state index in [4.69, 9.17) is 0 Å². The highest BCUT2D eigenvalue weighted by Crippen LogP contribution is 2.39. The van der Waals surface area contributed by atoms with Crippen LogP contribution >= 0.6 is 11.3 Å². The number of benzene rings is 3. The standard InChI is InChI=1S/C27H19FN6O2S/c1-16(35)26-32-34(20-13-11-18(28)12-14-20)27(37-26)30-29-25(36)23-22-15-17-7-5-6-10-21(17)24(22)33(31-23)19-8-3-2-4-9-19/h2-14H,15H2,1H3,(H,29,36)/b30-27+. The van der Waals surface area contributed by atoms with Crippen molar-refractivity contribution in [3.8, 4) is 22.6 Å². The van der Waals surface area contributed by atoms with Gasteiger partial charge in [-0.2, -0.15) is 10.2 Å². The first kappa shape index (κ1) is 22.7. The third kappa shape index (κ3) is 4.07. The lowest BCUT2D eigenvalue weighted by Crippen LogP contribution is -2.25. The third-order valence-corrected chi connectivity index (χ3v) is 7.03. The minimum Gasteiger partial charge on any atom is -0.292 e. The van der Waals surface area contributed by atoms with E-state index in [1.807, 2.05) is 54.6 Å². The number of ketones is 1. The quantitative estimate of drug-likeness (QED) is 0.277. The lowest BCUT2D eigenvalue weighted by molar-refractivity contribution is 0.0945. The Hall–Kier alpha value is -4.70. The van der Waals surface area contributed by atoms with Gasteiger partial charge in [-0.3, -0.25) is 9.59 Å². The summed E-state index contributed by atoms with van der Waals surface area (Å²) in [7, 11) is 0. The second-order valence-electron chi connectivity index (χ2n) is 8.44. The van der Waals surface area contributed by atoms with Crippen LogP contribution in [-0.4, -0.2) is 31.3 Å². The van der Waals surface area contributed by atoms with Crippen LogP contribution in [0.15, 0.2) is 84.0 Å². The Bertz CT molecular complexity index is 1740. The van der Waals surface area contributed by atoms with Crippen molar-refractivity contribution in [1.29, 1.82) is 0 Å². The first-order chi connectivity index (χ1) is 18.0. The molecule has 0 atom stereocenters. The van der Waals surface area contributed by atoms with E-state index in [1.54, 1.807) is 4.68 Å². The van der Waals surface area contributed by atoms with Crippen LogP contribution in [0, 0.1) is 5.82 Å². The maximum atomic E-state index is 13.4. The SMILES string of the molecule is CC(=O)c1nn(-c2ccc(F)cc2)/c(=N\NC(=O)c2nn(-c3ccccc3)c3c2Cc2ccccc2-3)s1. The van der Waals surface area contributed by atoms with Gasteiger partial charge in [0.15, 0.2) is 16.5 Å². The maximum Gasteiger partial charge on any atom is 0.292 e. The predicted octanol–water partition coefficient (Wildman–Crippen LogP) is 4.28. The van der Waals surface area contributed by atoms with Gasteiger partial charge in [-0.1, -0.05) is 53.8 Å². The van der Waals surface area contributed by atoms with Gasteiger partial charge in [-0.15, -0.1) is 5.10 Å². The molecule has 0 fully saturated rings. The molecule has 2 heterocycles. The van der Waals surface area contributed by atoms with Gasteiger partial charge in [0.1, 0.15) is 5.82 Å². The van der Waals surface area contributed by atoms with E-state index in [-0.39, 0.29) is 21.3 Å². The zero-order valence-electron chi connectivity index (χ0n) is 19.6. The fourth-order valence-corrected chi connectivity index (χ4v) is 5.09. The van der Waals surface area contributed by atoms with Crippen LogP contribution in [0.25, 0.3) is 22.6 Å². The number of amides is 1. The minimum atomic E-state index is -0.484. The highest BCUT2D eigenvalue weighted by Gasteiger charge is 2.30. The molecule has 0 spiro atoms. The number of halogens is 1. The Kier molecular flexibility index (Phi) is 5.57. The van der Waals surface area contributed by atoms with Crippen molar-refractivity contribution >= 4 is 23.0 Å². The summed E-state index contributed by atoms with van der Waals surface area (Å²) >= 11 is 1.02. The van der Waals surface area contributed by atoms with Gasteiger partial charge in [0.25, 0.3) is 5.91 Å². The van der Waals surface area contributed by atoms with Crippen LogP contribution in [0.4, 0.5) is 4.39 Å². The third-order valence-electron chi connectivity index (χ3n) is 6.02. The van der Waals surface area contributed by atoms with Crippen molar-refractivity contribution in [2.24, 2.45) is 5.10 Å². The highest BCUT2D eigenvalue weighted by atomic mass is 32.1. The van der Waals surface area contributed by atoms with Gasteiger partial charge in [0.05, 0.1) is 17.1 Å². The number of carbonyl (C=O) groups is 2. The number of fused-ring (bicyclic) bond motifs is 3. The molecule has 0 aliphatic heterocycles. The molecule has 0 saturated heterocycles. The van der Waals surface area contributed by atoms with Gasteiger partial charge in [0, 0.05) is 24.5 Å². The van der Waals surface area contributed by atoms with Crippen LogP contribution in [0.1, 0.15) is 38.3 Å². The van der Waals surface area contributed by atoms with E-state index in [1.165, 1.54) is 35.9 Å². The summed E-state index contributed by atoms with van der Waals surface area (Å²) in [5.74, 6) is -1.13. The van der Waals surface area contributed by atoms with Crippen molar-refractivity contribution in [3.05, 3.63) is 111 Å². The van der Waals surface area contributed by atoms with Gasteiger partial charge < -0.3 is 0 Å². The average Bonchev–Trinajstić information content (AvgIpc) is 3.61. The molecule has 182 valence electrons. The number of para-hydroxylation sites is 1. The topological polar surface area (TPSA) is 94.2 Å². The number of aromatic nitrogens is 4. The number of nitrogens with zero attached hydrogens (tertiary/aromatic N) is 5. The molecule has 0 bridgehead atoms. The Morgan fingerprint density at radius 3 is 2.38 bits per heavy atom. The highest BCUT2D eigenvalue weighted by molar-refractivity contribution is 7.10. The fraction of sp³-hybridized carbons (Fsp3) is 0.0741. The van der Waals surface area contributed by atoms with Crippen LogP contribution in [0.2, 0.25) is 0 Å². The lowest BCUT2D eigenvalue weighted by atomic mass is 10.1. The van der Waals surface area contributed by atoms with Gasteiger partial charge in [0.2, 0.25) is 4.80 Å². The van der Waals surface area contributed by atoms with Crippen molar-refractivity contribution in [2.45, 2.75) is 13.3 Å². The summed E-state index contributed by atoms with van der Waals surface area (Å²) in [6.45, 7) is 1.40. The van der Waals surface area contributed by atoms with E-state index in [0.717, 1.165) is 39.4 Å². The summed E-state index contributed by atoms with van der Waals surface area (Å²) < 4.78 is 16.6. The molecule has 1 amide bonds. The second kappa shape index (κ2) is 9.07. The molecule has 0 unspecified atom stereocenters. The van der Waals surface area contributed by atoms with Gasteiger partial charge in [-0.05, 0) is 42.0 Å². The Labute approximate surface area is 214 Å². The van der Waals surface area contributed by atoms with Gasteiger partial charge >= 0.3 is 0 Å². The number of rotatable bonds is 5. The molecule has 5 aromatic rings. The minimum absolute atomic E-state index is 0.210. The first-order valence-electron chi connectivity index (χ1n) is 11.5. The normalized spacial score (nSPS) is 12.3. The Balaban J connectivity index is 1.41. The first-order valence-corrected chi connectivity index (χ1v) is 12.3. The number of hydrogen-bond acceptors (Lipinski definition) is 6. The molecule has 3 aromatic carbocycles. The monoisotopic (exact) mass is 510 g/mol. The van der Waals surface area contributed by atoms with E-state index in [2.05, 4.69) is 20.7 Å². The van der Waals surface area contributed by atoms with Crippen molar-refractivity contribution in [1.82, 2.24) is 25.0 Å². The molecule has 1 N–H and O–H groups in total. The van der Waals surface area contributed by atoms with Crippen molar-refractivity contribution < 1.29 is 14.0 Å².